The number of fused-ring (bicyclic) bond motifs is 1. The molecule has 0 bridgehead atoms. The third kappa shape index (κ3) is 6.09. The Morgan fingerprint density at radius 3 is 2.33 bits per heavy atom. The molecule has 1 aliphatic rings. The van der Waals surface area contributed by atoms with Gasteiger partial charge in [0.2, 0.25) is 6.17 Å². The highest BCUT2D eigenvalue weighted by Crippen LogP contribution is 2.31. The molecule has 0 saturated heterocycles. The first kappa shape index (κ1) is 28.0. The first-order valence-corrected chi connectivity index (χ1v) is 12.5. The molecule has 4 aromatic rings. The number of amides is 4. The number of urea groups is 1. The van der Waals surface area contributed by atoms with Gasteiger partial charge in [-0.15, -0.1) is 0 Å². The zero-order valence-electron chi connectivity index (χ0n) is 21.9. The Bertz CT molecular complexity index is 1690. The third-order valence-electron chi connectivity index (χ3n) is 6.17. The number of pyridine rings is 2. The average Bonchev–Trinajstić information content (AvgIpc) is 3.12. The lowest BCUT2D eigenvalue weighted by molar-refractivity contribution is -0.141. The van der Waals surface area contributed by atoms with E-state index in [0.29, 0.717) is 34.3 Å². The van der Waals surface area contributed by atoms with Crippen LogP contribution in [0.1, 0.15) is 32.9 Å². The number of benzene rings is 2. The van der Waals surface area contributed by atoms with Crippen LogP contribution in [0.25, 0.3) is 11.3 Å². The number of nitrogens with one attached hydrogen (secondary N) is 4. The van der Waals surface area contributed by atoms with E-state index in [2.05, 4.69) is 36.4 Å². The van der Waals surface area contributed by atoms with Crippen LogP contribution in [0.2, 0.25) is 0 Å². The fourth-order valence-corrected chi connectivity index (χ4v) is 4.15. The van der Waals surface area contributed by atoms with Crippen LogP contribution in [0.3, 0.4) is 0 Å². The zero-order valence-corrected chi connectivity index (χ0v) is 21.9. The molecular formula is C29H22F3N7O3. The van der Waals surface area contributed by atoms with Crippen molar-refractivity contribution < 1.29 is 27.6 Å². The lowest BCUT2D eigenvalue weighted by Crippen LogP contribution is -2.52. The summed E-state index contributed by atoms with van der Waals surface area (Å²) in [4.78, 5) is 50.8. The molecule has 2 aromatic carbocycles. The van der Waals surface area contributed by atoms with Crippen LogP contribution in [0.5, 0.6) is 0 Å². The van der Waals surface area contributed by atoms with Crippen LogP contribution in [0.4, 0.5) is 23.7 Å². The molecule has 0 radical (unpaired) electrons. The summed E-state index contributed by atoms with van der Waals surface area (Å²) < 4.78 is 40.1. The highest BCUT2D eigenvalue weighted by molar-refractivity contribution is 6.19. The molecule has 0 aliphatic carbocycles. The molecule has 13 heteroatoms. The highest BCUT2D eigenvalue weighted by Gasteiger charge is 2.34. The number of hydrogen-bond acceptors (Lipinski definition) is 6. The normalized spacial score (nSPS) is 14.5. The van der Waals surface area contributed by atoms with Crippen molar-refractivity contribution in [3.63, 3.8) is 0 Å². The number of para-hydroxylation sites is 1. The summed E-state index contributed by atoms with van der Waals surface area (Å²) in [6.07, 6.45) is -4.84. The van der Waals surface area contributed by atoms with Crippen molar-refractivity contribution in [3.8, 4) is 11.3 Å². The van der Waals surface area contributed by atoms with Gasteiger partial charge in [-0.25, -0.2) is 20.2 Å². The van der Waals surface area contributed by atoms with Crippen LogP contribution in [-0.4, -0.2) is 39.7 Å². The van der Waals surface area contributed by atoms with Crippen molar-refractivity contribution in [2.45, 2.75) is 19.3 Å². The maximum absolute atomic E-state index is 13.4. The molecule has 0 fully saturated rings. The minimum absolute atomic E-state index is 0.166. The molecule has 1 aliphatic heterocycles. The van der Waals surface area contributed by atoms with Gasteiger partial charge in [0.05, 0.1) is 22.7 Å². The van der Waals surface area contributed by atoms with Crippen molar-refractivity contribution >= 4 is 29.2 Å². The summed E-state index contributed by atoms with van der Waals surface area (Å²) in [5.74, 6) is -1.58. The van der Waals surface area contributed by atoms with Gasteiger partial charge >= 0.3 is 12.2 Å². The second kappa shape index (κ2) is 11.5. The number of halogens is 3. The standard InChI is InChI=1S/C29H22F3N7O3/c1-16-11-12-18(15-33-16)24-20(13-14-22(35-24)29(30,31)32)26(40)38-39-28(42)37-25-27(41)34-21-10-6-5-9-19(21)23(36-25)17-7-3-2-4-8-17/h2-15,25H,1H3,(H,34,41)(H,38,40)(H2,37,39,42)/t25-/m1/s1. The Hall–Kier alpha value is -5.59. The molecule has 212 valence electrons. The Labute approximate surface area is 237 Å². The molecule has 4 N–H and O–H groups in total. The van der Waals surface area contributed by atoms with Gasteiger partial charge < -0.3 is 10.6 Å². The lowest BCUT2D eigenvalue weighted by atomic mass is 10.0. The Morgan fingerprint density at radius 1 is 0.881 bits per heavy atom. The Kier molecular flexibility index (Phi) is 7.65. The molecular weight excluding hydrogens is 551 g/mol. The molecule has 0 unspecified atom stereocenters. The predicted molar refractivity (Wildman–Crippen MR) is 147 cm³/mol. The topological polar surface area (TPSA) is 137 Å². The minimum atomic E-state index is -4.75. The molecule has 42 heavy (non-hydrogen) atoms. The molecule has 1 atom stereocenters. The summed E-state index contributed by atoms with van der Waals surface area (Å²) in [6.45, 7) is 1.69. The van der Waals surface area contributed by atoms with E-state index in [-0.39, 0.29) is 16.8 Å². The molecule has 3 heterocycles. The summed E-state index contributed by atoms with van der Waals surface area (Å²) in [6, 6.07) is 19.7. The maximum Gasteiger partial charge on any atom is 0.433 e. The van der Waals surface area contributed by atoms with Gasteiger partial charge in [0.15, 0.2) is 0 Å². The van der Waals surface area contributed by atoms with Gasteiger partial charge in [-0.05, 0) is 37.3 Å². The van der Waals surface area contributed by atoms with Gasteiger partial charge in [0, 0.05) is 28.6 Å². The van der Waals surface area contributed by atoms with Gasteiger partial charge in [0.25, 0.3) is 11.8 Å². The van der Waals surface area contributed by atoms with E-state index in [1.54, 1.807) is 37.3 Å². The fraction of sp³-hybridized carbons (Fsp3) is 0.103. The Balaban J connectivity index is 1.35. The number of benzodiazepines with no additional fused rings is 1. The van der Waals surface area contributed by atoms with Crippen molar-refractivity contribution in [1.29, 1.82) is 0 Å². The SMILES string of the molecule is Cc1ccc(-c2nc(C(F)(F)F)ccc2C(=O)NNC(=O)N[C@H]2N=C(c3ccccc3)c3ccccc3NC2=O)cn1. The quantitative estimate of drug-likeness (QED) is 0.271. The second-order valence-electron chi connectivity index (χ2n) is 9.11. The number of aliphatic imine (C=N–C) groups is 1. The number of nitrogens with zero attached hydrogens (tertiary/aromatic N) is 3. The van der Waals surface area contributed by atoms with Gasteiger partial charge in [-0.1, -0.05) is 48.5 Å². The first-order valence-electron chi connectivity index (χ1n) is 12.5. The van der Waals surface area contributed by atoms with E-state index in [9.17, 15) is 27.6 Å². The van der Waals surface area contributed by atoms with E-state index in [1.165, 1.54) is 12.3 Å². The van der Waals surface area contributed by atoms with E-state index in [4.69, 9.17) is 0 Å². The molecule has 2 aromatic heterocycles. The minimum Gasteiger partial charge on any atom is -0.322 e. The number of alkyl halides is 3. The summed E-state index contributed by atoms with van der Waals surface area (Å²) in [5, 5.41) is 5.12. The second-order valence-corrected chi connectivity index (χ2v) is 9.11. The van der Waals surface area contributed by atoms with Crippen LogP contribution in [0.15, 0.2) is 90.1 Å². The number of aryl methyl sites for hydroxylation is 1. The number of aromatic nitrogens is 2. The molecule has 4 amide bonds. The number of carbonyl (C=O) groups excluding carboxylic acids is 3. The third-order valence-corrected chi connectivity index (χ3v) is 6.17. The van der Waals surface area contributed by atoms with E-state index >= 15 is 0 Å². The predicted octanol–water partition coefficient (Wildman–Crippen LogP) is 4.23. The van der Waals surface area contributed by atoms with Gasteiger partial charge in [0.1, 0.15) is 5.69 Å². The number of rotatable bonds is 4. The van der Waals surface area contributed by atoms with Crippen LogP contribution < -0.4 is 21.5 Å². The van der Waals surface area contributed by atoms with Crippen LogP contribution >= 0.6 is 0 Å². The fourth-order valence-electron chi connectivity index (χ4n) is 4.15. The van der Waals surface area contributed by atoms with E-state index in [1.807, 2.05) is 30.3 Å². The number of hydrazine groups is 1. The molecule has 0 saturated carbocycles. The largest absolute Gasteiger partial charge is 0.433 e. The summed E-state index contributed by atoms with van der Waals surface area (Å²) in [7, 11) is 0. The van der Waals surface area contributed by atoms with Crippen molar-refractivity contribution in [3.05, 3.63) is 113 Å². The summed E-state index contributed by atoms with van der Waals surface area (Å²) >= 11 is 0. The van der Waals surface area contributed by atoms with E-state index in [0.717, 1.165) is 6.07 Å². The van der Waals surface area contributed by atoms with Gasteiger partial charge in [-0.3, -0.25) is 20.0 Å². The Morgan fingerprint density at radius 2 is 1.62 bits per heavy atom. The molecule has 5 rings (SSSR count). The average molecular weight is 574 g/mol. The number of anilines is 1. The molecule has 0 spiro atoms. The van der Waals surface area contributed by atoms with Crippen molar-refractivity contribution in [1.82, 2.24) is 26.1 Å². The van der Waals surface area contributed by atoms with Gasteiger partial charge in [-0.2, -0.15) is 13.2 Å². The zero-order chi connectivity index (χ0) is 29.9. The number of carbonyl (C=O) groups is 3. The smallest absolute Gasteiger partial charge is 0.322 e. The van der Waals surface area contributed by atoms with Crippen molar-refractivity contribution in [2.24, 2.45) is 4.99 Å². The van der Waals surface area contributed by atoms with Crippen LogP contribution in [-0.2, 0) is 11.0 Å². The highest BCUT2D eigenvalue weighted by atomic mass is 19.4. The molecule has 10 nitrogen and oxygen atoms in total. The maximum atomic E-state index is 13.4. The van der Waals surface area contributed by atoms with Crippen LogP contribution in [0, 0.1) is 6.92 Å². The lowest BCUT2D eigenvalue weighted by Gasteiger charge is -2.16. The van der Waals surface area contributed by atoms with E-state index < -0.39 is 35.9 Å². The summed E-state index contributed by atoms with van der Waals surface area (Å²) in [5.41, 5.74) is 5.58. The number of hydrogen-bond donors (Lipinski definition) is 4. The first-order chi connectivity index (χ1) is 20.1. The van der Waals surface area contributed by atoms with Crippen molar-refractivity contribution in [2.75, 3.05) is 5.32 Å². The monoisotopic (exact) mass is 573 g/mol.